The molecule has 7 nitrogen and oxygen atoms in total. The topological polar surface area (TPSA) is 87.1 Å². The second-order valence-corrected chi connectivity index (χ2v) is 4.83. The van der Waals surface area contributed by atoms with E-state index in [0.29, 0.717) is 0 Å². The van der Waals surface area contributed by atoms with Crippen molar-refractivity contribution in [1.29, 1.82) is 5.41 Å². The summed E-state index contributed by atoms with van der Waals surface area (Å²) < 4.78 is 26.4. The number of carbonyl (C=O) groups is 1. The molecular weight excluding hydrogens is 242 g/mol. The fourth-order valence-corrected chi connectivity index (χ4v) is 2.34. The zero-order valence-electron chi connectivity index (χ0n) is 10.8. The minimum Gasteiger partial charge on any atom is -0.448 e. The molecule has 18 heavy (non-hydrogen) atoms. The van der Waals surface area contributed by atoms with Gasteiger partial charge in [-0.2, -0.15) is 0 Å². The average molecular weight is 259 g/mol. The first-order valence-corrected chi connectivity index (χ1v) is 5.65. The van der Waals surface area contributed by atoms with Gasteiger partial charge >= 0.3 is 6.16 Å². The van der Waals surface area contributed by atoms with E-state index in [-0.39, 0.29) is 5.90 Å². The molecule has 0 spiro atoms. The molecule has 0 amide bonds. The van der Waals surface area contributed by atoms with Gasteiger partial charge in [-0.1, -0.05) is 0 Å². The molecule has 0 aromatic rings. The van der Waals surface area contributed by atoms with Crippen LogP contribution in [0.5, 0.6) is 0 Å². The van der Waals surface area contributed by atoms with E-state index >= 15 is 0 Å². The Hall–Kier alpha value is -1.34. The molecule has 4 atom stereocenters. The fraction of sp³-hybridized carbons (Fsp3) is 0.818. The van der Waals surface area contributed by atoms with E-state index in [0.717, 1.165) is 0 Å². The summed E-state index contributed by atoms with van der Waals surface area (Å²) in [5.41, 5.74) is -0.718. The standard InChI is InChI=1S/C11H17NO6/c1-5(12)15-9-7-6(16-10(13)17-7)8(14-4)11(2,3)18-9/h6-9,12H,1-4H3/t6-,7+,8+,9?/m0/s1. The molecule has 0 aromatic carbocycles. The first-order valence-electron chi connectivity index (χ1n) is 5.65. The predicted molar refractivity (Wildman–Crippen MR) is 59.4 cm³/mol. The lowest BCUT2D eigenvalue weighted by atomic mass is 9.89. The summed E-state index contributed by atoms with van der Waals surface area (Å²) in [5.74, 6) is -0.0200. The Labute approximate surface area is 105 Å². The van der Waals surface area contributed by atoms with Gasteiger partial charge in [0, 0.05) is 14.0 Å². The monoisotopic (exact) mass is 259 g/mol. The molecule has 0 aromatic heterocycles. The third-order valence-corrected chi connectivity index (χ3v) is 3.01. The summed E-state index contributed by atoms with van der Waals surface area (Å²) in [6.45, 7) is 5.09. The number of carbonyl (C=O) groups excluding carboxylic acids is 1. The van der Waals surface area contributed by atoms with Crippen LogP contribution >= 0.6 is 0 Å². The molecular formula is C11H17NO6. The third kappa shape index (κ3) is 2.15. The Kier molecular flexibility index (Phi) is 3.20. The van der Waals surface area contributed by atoms with Crippen LogP contribution in [0.1, 0.15) is 20.8 Å². The van der Waals surface area contributed by atoms with Gasteiger partial charge in [0.1, 0.15) is 6.10 Å². The molecule has 2 rings (SSSR count). The Morgan fingerprint density at radius 3 is 2.50 bits per heavy atom. The highest BCUT2D eigenvalue weighted by Crippen LogP contribution is 2.38. The minimum atomic E-state index is -0.861. The van der Waals surface area contributed by atoms with Crippen molar-refractivity contribution in [1.82, 2.24) is 0 Å². The summed E-state index contributed by atoms with van der Waals surface area (Å²) in [5, 5.41) is 7.34. The second-order valence-electron chi connectivity index (χ2n) is 4.83. The van der Waals surface area contributed by atoms with Crippen LogP contribution in [-0.4, -0.2) is 49.4 Å². The van der Waals surface area contributed by atoms with Crippen LogP contribution in [0.2, 0.25) is 0 Å². The van der Waals surface area contributed by atoms with Gasteiger partial charge in [0.15, 0.2) is 12.0 Å². The summed E-state index contributed by atoms with van der Waals surface area (Å²) in [7, 11) is 1.52. The lowest BCUT2D eigenvalue weighted by Gasteiger charge is -2.44. The Morgan fingerprint density at radius 2 is 1.94 bits per heavy atom. The quantitative estimate of drug-likeness (QED) is 0.453. The Morgan fingerprint density at radius 1 is 1.33 bits per heavy atom. The zero-order valence-corrected chi connectivity index (χ0v) is 10.8. The minimum absolute atomic E-state index is 0.0200. The van der Waals surface area contributed by atoms with E-state index in [1.165, 1.54) is 14.0 Å². The summed E-state index contributed by atoms with van der Waals surface area (Å²) in [4.78, 5) is 11.2. The summed E-state index contributed by atoms with van der Waals surface area (Å²) in [6.07, 6.45) is -3.42. The number of nitrogens with one attached hydrogen (secondary N) is 1. The van der Waals surface area contributed by atoms with Crippen LogP contribution < -0.4 is 0 Å². The maximum Gasteiger partial charge on any atom is 0.509 e. The molecule has 0 aliphatic carbocycles. The number of ether oxygens (including phenoxy) is 5. The number of methoxy groups -OCH3 is 1. The molecule has 1 unspecified atom stereocenters. The van der Waals surface area contributed by atoms with Gasteiger partial charge in [0.25, 0.3) is 0 Å². The van der Waals surface area contributed by atoms with Crippen molar-refractivity contribution in [2.24, 2.45) is 0 Å². The van der Waals surface area contributed by atoms with Crippen molar-refractivity contribution < 1.29 is 28.5 Å². The van der Waals surface area contributed by atoms with Crippen LogP contribution in [0.4, 0.5) is 4.79 Å². The lowest BCUT2D eigenvalue weighted by Crippen LogP contribution is -2.62. The van der Waals surface area contributed by atoms with E-state index in [1.54, 1.807) is 13.8 Å². The summed E-state index contributed by atoms with van der Waals surface area (Å²) >= 11 is 0. The predicted octanol–water partition coefficient (Wildman–Crippen LogP) is 1.05. The van der Waals surface area contributed by atoms with Crippen molar-refractivity contribution in [3.63, 3.8) is 0 Å². The fourth-order valence-electron chi connectivity index (χ4n) is 2.34. The number of fused-ring (bicyclic) bond motifs is 1. The van der Waals surface area contributed by atoms with Crippen molar-refractivity contribution in [2.45, 2.75) is 51.0 Å². The third-order valence-electron chi connectivity index (χ3n) is 3.01. The summed E-state index contributed by atoms with van der Waals surface area (Å²) in [6, 6.07) is 0. The lowest BCUT2D eigenvalue weighted by molar-refractivity contribution is -0.286. The molecule has 102 valence electrons. The van der Waals surface area contributed by atoms with Gasteiger partial charge in [-0.25, -0.2) is 4.79 Å². The molecule has 2 aliphatic rings. The molecule has 0 bridgehead atoms. The van der Waals surface area contributed by atoms with Crippen LogP contribution in [0.15, 0.2) is 0 Å². The van der Waals surface area contributed by atoms with Gasteiger partial charge in [0.05, 0.1) is 5.60 Å². The normalized spacial score (nSPS) is 37.4. The zero-order chi connectivity index (χ0) is 13.5. The van der Waals surface area contributed by atoms with E-state index in [2.05, 4.69) is 0 Å². The second kappa shape index (κ2) is 4.40. The largest absolute Gasteiger partial charge is 0.509 e. The molecule has 0 saturated carbocycles. The maximum absolute atomic E-state index is 11.2. The van der Waals surface area contributed by atoms with Crippen LogP contribution in [0, 0.1) is 5.41 Å². The SMILES string of the molecule is CO[C@@H]1[C@H]2OC(=O)O[C@H]2C(OC(C)=N)OC1(C)C. The van der Waals surface area contributed by atoms with Gasteiger partial charge in [-0.05, 0) is 13.8 Å². The molecule has 2 heterocycles. The van der Waals surface area contributed by atoms with E-state index in [1.807, 2.05) is 0 Å². The molecule has 7 heteroatoms. The van der Waals surface area contributed by atoms with Crippen LogP contribution in [0.25, 0.3) is 0 Å². The molecule has 0 radical (unpaired) electrons. The van der Waals surface area contributed by atoms with Gasteiger partial charge < -0.3 is 23.7 Å². The van der Waals surface area contributed by atoms with Crippen molar-refractivity contribution >= 4 is 12.1 Å². The number of rotatable bonds is 2. The van der Waals surface area contributed by atoms with Crippen molar-refractivity contribution in [3.8, 4) is 0 Å². The van der Waals surface area contributed by atoms with Gasteiger partial charge in [-0.3, -0.25) is 5.41 Å². The van der Waals surface area contributed by atoms with Crippen molar-refractivity contribution in [3.05, 3.63) is 0 Å². The first kappa shape index (κ1) is 13.1. The van der Waals surface area contributed by atoms with E-state index < -0.39 is 36.4 Å². The average Bonchev–Trinajstić information content (AvgIpc) is 2.58. The highest BCUT2D eigenvalue weighted by molar-refractivity contribution is 5.69. The van der Waals surface area contributed by atoms with E-state index in [4.69, 9.17) is 29.1 Å². The molecule has 2 saturated heterocycles. The maximum atomic E-state index is 11.2. The highest BCUT2D eigenvalue weighted by atomic mass is 16.8. The highest BCUT2D eigenvalue weighted by Gasteiger charge is 2.58. The number of hydrogen-bond acceptors (Lipinski definition) is 7. The molecule has 2 aliphatic heterocycles. The smallest absolute Gasteiger partial charge is 0.448 e. The van der Waals surface area contributed by atoms with Crippen LogP contribution in [-0.2, 0) is 23.7 Å². The Bertz CT molecular complexity index is 369. The molecule has 2 fully saturated rings. The first-order chi connectivity index (χ1) is 8.35. The van der Waals surface area contributed by atoms with E-state index in [9.17, 15) is 4.79 Å². The van der Waals surface area contributed by atoms with Gasteiger partial charge in [0.2, 0.25) is 12.4 Å². The van der Waals surface area contributed by atoms with Crippen molar-refractivity contribution in [2.75, 3.05) is 7.11 Å². The Balaban J connectivity index is 2.25. The van der Waals surface area contributed by atoms with Gasteiger partial charge in [-0.15, -0.1) is 0 Å². The molecule has 1 N–H and O–H groups in total. The van der Waals surface area contributed by atoms with Crippen LogP contribution in [0.3, 0.4) is 0 Å². The number of hydrogen-bond donors (Lipinski definition) is 1.